The Morgan fingerprint density at radius 1 is 1.37 bits per heavy atom. The molecule has 0 radical (unpaired) electrons. The van der Waals surface area contributed by atoms with E-state index in [1.807, 2.05) is 17.0 Å². The SMILES string of the molecule is O=C(C1CCNC1)N(Cc1cccc(O)c1)C1CC1. The average Bonchev–Trinajstić information content (AvgIpc) is 3.09. The molecule has 1 amide bonds. The number of carbonyl (C=O) groups excluding carboxylic acids is 1. The Morgan fingerprint density at radius 2 is 2.21 bits per heavy atom. The molecule has 1 aliphatic heterocycles. The molecule has 1 aliphatic carbocycles. The van der Waals surface area contributed by atoms with Crippen LogP contribution in [0.25, 0.3) is 0 Å². The number of amides is 1. The number of phenolic OH excluding ortho intramolecular Hbond substituents is 1. The van der Waals surface area contributed by atoms with Gasteiger partial charge in [0.1, 0.15) is 5.75 Å². The number of phenols is 1. The molecular weight excluding hydrogens is 240 g/mol. The van der Waals surface area contributed by atoms with E-state index in [9.17, 15) is 9.90 Å². The summed E-state index contributed by atoms with van der Waals surface area (Å²) in [5.74, 6) is 0.678. The minimum Gasteiger partial charge on any atom is -0.508 e. The Kier molecular flexibility index (Phi) is 3.42. The molecule has 1 unspecified atom stereocenters. The van der Waals surface area contributed by atoms with Crippen LogP contribution in [0.3, 0.4) is 0 Å². The molecule has 19 heavy (non-hydrogen) atoms. The molecule has 4 heteroatoms. The Morgan fingerprint density at radius 3 is 2.84 bits per heavy atom. The van der Waals surface area contributed by atoms with Gasteiger partial charge in [0.2, 0.25) is 5.91 Å². The van der Waals surface area contributed by atoms with E-state index in [1.165, 1.54) is 0 Å². The van der Waals surface area contributed by atoms with E-state index < -0.39 is 0 Å². The van der Waals surface area contributed by atoms with Crippen molar-refractivity contribution in [3.63, 3.8) is 0 Å². The van der Waals surface area contributed by atoms with Gasteiger partial charge in [-0.3, -0.25) is 4.79 Å². The fourth-order valence-corrected chi connectivity index (χ4v) is 2.72. The zero-order valence-corrected chi connectivity index (χ0v) is 11.0. The van der Waals surface area contributed by atoms with Gasteiger partial charge in [0.05, 0.1) is 5.92 Å². The molecule has 4 nitrogen and oxygen atoms in total. The standard InChI is InChI=1S/C15H20N2O2/c18-14-3-1-2-11(8-14)10-17(13-4-5-13)15(19)12-6-7-16-9-12/h1-3,8,12-13,16,18H,4-7,9-10H2. The monoisotopic (exact) mass is 260 g/mol. The van der Waals surface area contributed by atoms with E-state index in [4.69, 9.17) is 0 Å². The summed E-state index contributed by atoms with van der Waals surface area (Å²) in [6.45, 7) is 2.37. The van der Waals surface area contributed by atoms with Crippen LogP contribution in [-0.4, -0.2) is 35.0 Å². The molecular formula is C15H20N2O2. The molecule has 2 aliphatic rings. The molecule has 1 aromatic carbocycles. The lowest BCUT2D eigenvalue weighted by atomic mass is 10.1. The van der Waals surface area contributed by atoms with Crippen molar-refractivity contribution in [1.29, 1.82) is 0 Å². The molecule has 0 bridgehead atoms. The summed E-state index contributed by atoms with van der Waals surface area (Å²) in [6, 6.07) is 7.62. The third-order valence-corrected chi connectivity index (χ3v) is 3.94. The van der Waals surface area contributed by atoms with Gasteiger partial charge in [0, 0.05) is 19.1 Å². The first-order valence-corrected chi connectivity index (χ1v) is 7.03. The van der Waals surface area contributed by atoms with E-state index in [1.54, 1.807) is 12.1 Å². The van der Waals surface area contributed by atoms with Gasteiger partial charge in [-0.05, 0) is 43.5 Å². The van der Waals surface area contributed by atoms with Crippen LogP contribution in [0.1, 0.15) is 24.8 Å². The normalized spacial score (nSPS) is 22.4. The highest BCUT2D eigenvalue weighted by molar-refractivity contribution is 5.80. The summed E-state index contributed by atoms with van der Waals surface area (Å²) < 4.78 is 0. The average molecular weight is 260 g/mol. The first kappa shape index (κ1) is 12.5. The van der Waals surface area contributed by atoms with Crippen LogP contribution < -0.4 is 5.32 Å². The van der Waals surface area contributed by atoms with Crippen LogP contribution in [0.15, 0.2) is 24.3 Å². The highest BCUT2D eigenvalue weighted by Gasteiger charge is 2.36. The van der Waals surface area contributed by atoms with E-state index in [-0.39, 0.29) is 17.6 Å². The van der Waals surface area contributed by atoms with Crippen LogP contribution >= 0.6 is 0 Å². The number of carbonyl (C=O) groups is 1. The smallest absolute Gasteiger partial charge is 0.227 e. The lowest BCUT2D eigenvalue weighted by molar-refractivity contribution is -0.136. The summed E-state index contributed by atoms with van der Waals surface area (Å²) in [7, 11) is 0. The number of nitrogens with one attached hydrogen (secondary N) is 1. The fourth-order valence-electron chi connectivity index (χ4n) is 2.72. The molecule has 1 aromatic rings. The number of nitrogens with zero attached hydrogens (tertiary/aromatic N) is 1. The van der Waals surface area contributed by atoms with Gasteiger partial charge in [0.25, 0.3) is 0 Å². The Bertz CT molecular complexity index is 465. The second kappa shape index (κ2) is 5.21. The van der Waals surface area contributed by atoms with Crippen molar-refractivity contribution >= 4 is 5.91 Å². The second-order valence-corrected chi connectivity index (χ2v) is 5.56. The summed E-state index contributed by atoms with van der Waals surface area (Å²) in [4.78, 5) is 14.5. The van der Waals surface area contributed by atoms with Crippen molar-refractivity contribution in [3.8, 4) is 5.75 Å². The minimum atomic E-state index is 0.137. The maximum absolute atomic E-state index is 12.5. The summed E-state index contributed by atoms with van der Waals surface area (Å²) in [5.41, 5.74) is 1.01. The second-order valence-electron chi connectivity index (χ2n) is 5.56. The number of rotatable bonds is 4. The van der Waals surface area contributed by atoms with Gasteiger partial charge < -0.3 is 15.3 Å². The van der Waals surface area contributed by atoms with Gasteiger partial charge >= 0.3 is 0 Å². The molecule has 0 aromatic heterocycles. The third kappa shape index (κ3) is 2.89. The Balaban J connectivity index is 1.72. The molecule has 2 N–H and O–H groups in total. The third-order valence-electron chi connectivity index (χ3n) is 3.94. The number of aromatic hydroxyl groups is 1. The predicted molar refractivity (Wildman–Crippen MR) is 72.7 cm³/mol. The van der Waals surface area contributed by atoms with Gasteiger partial charge in [-0.15, -0.1) is 0 Å². The molecule has 1 saturated carbocycles. The maximum Gasteiger partial charge on any atom is 0.227 e. The lowest BCUT2D eigenvalue weighted by Crippen LogP contribution is -2.38. The van der Waals surface area contributed by atoms with Gasteiger partial charge in [0.15, 0.2) is 0 Å². The summed E-state index contributed by atoms with van der Waals surface area (Å²) >= 11 is 0. The minimum absolute atomic E-state index is 0.137. The van der Waals surface area contributed by atoms with E-state index in [0.717, 1.165) is 37.9 Å². The van der Waals surface area contributed by atoms with Crippen molar-refractivity contribution < 1.29 is 9.90 Å². The van der Waals surface area contributed by atoms with Crippen LogP contribution in [0.2, 0.25) is 0 Å². The van der Waals surface area contributed by atoms with Crippen LogP contribution in [0, 0.1) is 5.92 Å². The fraction of sp³-hybridized carbons (Fsp3) is 0.533. The van der Waals surface area contributed by atoms with Gasteiger partial charge in [-0.25, -0.2) is 0 Å². The first-order chi connectivity index (χ1) is 9.24. The highest BCUT2D eigenvalue weighted by Crippen LogP contribution is 2.31. The number of hydrogen-bond acceptors (Lipinski definition) is 3. The maximum atomic E-state index is 12.5. The van der Waals surface area contributed by atoms with Crippen molar-refractivity contribution in [1.82, 2.24) is 10.2 Å². The quantitative estimate of drug-likeness (QED) is 0.862. The largest absolute Gasteiger partial charge is 0.508 e. The van der Waals surface area contributed by atoms with Gasteiger partial charge in [-0.2, -0.15) is 0 Å². The highest BCUT2D eigenvalue weighted by atomic mass is 16.3. The molecule has 3 rings (SSSR count). The lowest BCUT2D eigenvalue weighted by Gasteiger charge is -2.25. The summed E-state index contributed by atoms with van der Waals surface area (Å²) in [6.07, 6.45) is 3.18. The predicted octanol–water partition coefficient (Wildman–Crippen LogP) is 1.49. The zero-order chi connectivity index (χ0) is 13.2. The van der Waals surface area contributed by atoms with Crippen molar-refractivity contribution in [2.75, 3.05) is 13.1 Å². The topological polar surface area (TPSA) is 52.6 Å². The van der Waals surface area contributed by atoms with Crippen LogP contribution in [-0.2, 0) is 11.3 Å². The van der Waals surface area contributed by atoms with E-state index in [2.05, 4.69) is 5.32 Å². The number of hydrogen-bond donors (Lipinski definition) is 2. The molecule has 1 heterocycles. The van der Waals surface area contributed by atoms with Crippen molar-refractivity contribution in [3.05, 3.63) is 29.8 Å². The molecule has 0 spiro atoms. The molecule has 2 fully saturated rings. The Labute approximate surface area is 113 Å². The first-order valence-electron chi connectivity index (χ1n) is 7.03. The van der Waals surface area contributed by atoms with Gasteiger partial charge in [-0.1, -0.05) is 12.1 Å². The Hall–Kier alpha value is -1.55. The number of benzene rings is 1. The van der Waals surface area contributed by atoms with Crippen LogP contribution in [0.4, 0.5) is 0 Å². The summed E-state index contributed by atoms with van der Waals surface area (Å²) in [5, 5.41) is 12.8. The van der Waals surface area contributed by atoms with E-state index in [0.29, 0.717) is 12.6 Å². The molecule has 1 atom stereocenters. The van der Waals surface area contributed by atoms with Crippen molar-refractivity contribution in [2.45, 2.75) is 31.8 Å². The van der Waals surface area contributed by atoms with E-state index >= 15 is 0 Å². The van der Waals surface area contributed by atoms with Crippen molar-refractivity contribution in [2.24, 2.45) is 5.92 Å². The molecule has 1 saturated heterocycles. The molecule has 102 valence electrons. The zero-order valence-electron chi connectivity index (χ0n) is 11.0. The van der Waals surface area contributed by atoms with Crippen LogP contribution in [0.5, 0.6) is 5.75 Å².